The molecule has 1 heterocycles. The van der Waals surface area contributed by atoms with E-state index in [1.807, 2.05) is 25.1 Å². The Bertz CT molecular complexity index is 790. The highest BCUT2D eigenvalue weighted by molar-refractivity contribution is 7.80. The van der Waals surface area contributed by atoms with Gasteiger partial charge in [-0.3, -0.25) is 4.79 Å². The summed E-state index contributed by atoms with van der Waals surface area (Å²) in [6, 6.07) is 14.4. The molecule has 106 valence electrons. The topological polar surface area (TPSA) is 32.9 Å². The van der Waals surface area contributed by atoms with Crippen LogP contribution in [0.3, 0.4) is 0 Å². The van der Waals surface area contributed by atoms with Crippen LogP contribution in [0, 0.1) is 6.92 Å². The Balaban J connectivity index is 1.97. The molecule has 0 saturated carbocycles. The molecule has 1 aromatic heterocycles. The lowest BCUT2D eigenvalue weighted by Gasteiger charge is -2.04. The molecule has 1 N–H and O–H groups in total. The number of rotatable bonds is 4. The fourth-order valence-corrected chi connectivity index (χ4v) is 3.06. The van der Waals surface area contributed by atoms with Crippen LogP contribution in [0.25, 0.3) is 10.9 Å². The van der Waals surface area contributed by atoms with Crippen molar-refractivity contribution in [2.24, 2.45) is 0 Å². The fourth-order valence-electron chi connectivity index (χ4n) is 2.70. The number of aromatic nitrogens is 1. The second-order valence-corrected chi connectivity index (χ2v) is 5.76. The Morgan fingerprint density at radius 2 is 1.90 bits per heavy atom. The zero-order valence-electron chi connectivity index (χ0n) is 11.9. The number of aromatic amines is 1. The summed E-state index contributed by atoms with van der Waals surface area (Å²) in [6.07, 6.45) is 2.79. The summed E-state index contributed by atoms with van der Waals surface area (Å²) in [5.41, 5.74) is 5.27. The number of aryl methyl sites for hydroxylation is 3. The molecule has 2 aromatic carbocycles. The van der Waals surface area contributed by atoms with Crippen molar-refractivity contribution in [2.75, 3.05) is 0 Å². The summed E-state index contributed by atoms with van der Waals surface area (Å²) < 4.78 is 0. The van der Waals surface area contributed by atoms with E-state index in [9.17, 15) is 4.79 Å². The summed E-state index contributed by atoms with van der Waals surface area (Å²) in [7, 11) is 0. The van der Waals surface area contributed by atoms with E-state index in [4.69, 9.17) is 0 Å². The number of hydrogen-bond acceptors (Lipinski definition) is 2. The summed E-state index contributed by atoms with van der Waals surface area (Å²) >= 11 is 4.56. The van der Waals surface area contributed by atoms with Crippen molar-refractivity contribution in [3.05, 3.63) is 64.7 Å². The lowest BCUT2D eigenvalue weighted by Crippen LogP contribution is -1.92. The van der Waals surface area contributed by atoms with E-state index in [-0.39, 0.29) is 0 Å². The van der Waals surface area contributed by atoms with Gasteiger partial charge >= 0.3 is 0 Å². The number of aldehydes is 1. The predicted molar refractivity (Wildman–Crippen MR) is 89.5 cm³/mol. The van der Waals surface area contributed by atoms with Gasteiger partial charge < -0.3 is 4.98 Å². The molecular weight excluding hydrogens is 278 g/mol. The van der Waals surface area contributed by atoms with Crippen molar-refractivity contribution in [3.8, 4) is 0 Å². The Hall–Kier alpha value is -2.00. The molecule has 0 radical (unpaired) electrons. The summed E-state index contributed by atoms with van der Waals surface area (Å²) in [5, 5.41) is 1.99. The maximum atomic E-state index is 11.1. The van der Waals surface area contributed by atoms with Gasteiger partial charge in [-0.25, -0.2) is 0 Å². The van der Waals surface area contributed by atoms with Crippen LogP contribution in [0.4, 0.5) is 0 Å². The van der Waals surface area contributed by atoms with Crippen LogP contribution in [0.2, 0.25) is 0 Å². The third kappa shape index (κ3) is 2.74. The third-order valence-electron chi connectivity index (χ3n) is 3.90. The van der Waals surface area contributed by atoms with Gasteiger partial charge in [0, 0.05) is 16.5 Å². The number of carbonyl (C=O) groups is 1. The second-order valence-electron chi connectivity index (χ2n) is 5.31. The predicted octanol–water partition coefficient (Wildman–Crippen LogP) is 4.36. The van der Waals surface area contributed by atoms with Crippen LogP contribution in [0.1, 0.15) is 27.0 Å². The van der Waals surface area contributed by atoms with Crippen LogP contribution < -0.4 is 0 Å². The highest BCUT2D eigenvalue weighted by Crippen LogP contribution is 2.28. The number of hydrogen-bond donors (Lipinski definition) is 2. The summed E-state index contributed by atoms with van der Waals surface area (Å²) in [5.74, 6) is 0. The van der Waals surface area contributed by atoms with Gasteiger partial charge in [0.1, 0.15) is 6.29 Å². The van der Waals surface area contributed by atoms with Crippen molar-refractivity contribution in [2.45, 2.75) is 24.8 Å². The molecule has 0 aliphatic heterocycles. The van der Waals surface area contributed by atoms with E-state index in [0.29, 0.717) is 0 Å². The number of thiol groups is 1. The second kappa shape index (κ2) is 5.78. The molecule has 0 aliphatic rings. The first-order valence-corrected chi connectivity index (χ1v) is 7.47. The number of benzene rings is 2. The van der Waals surface area contributed by atoms with Crippen molar-refractivity contribution in [1.29, 1.82) is 0 Å². The summed E-state index contributed by atoms with van der Waals surface area (Å²) in [4.78, 5) is 14.4. The maximum Gasteiger partial charge on any atom is 0.150 e. The Morgan fingerprint density at radius 3 is 2.62 bits per heavy atom. The van der Waals surface area contributed by atoms with Crippen LogP contribution in [0.5, 0.6) is 0 Å². The Morgan fingerprint density at radius 1 is 1.14 bits per heavy atom. The van der Waals surface area contributed by atoms with Gasteiger partial charge in [-0.1, -0.05) is 30.3 Å². The molecule has 0 bridgehead atoms. The number of fused-ring (bicyclic) bond motifs is 1. The molecule has 0 aliphatic carbocycles. The zero-order valence-corrected chi connectivity index (χ0v) is 12.8. The molecular formula is C18H17NOS. The van der Waals surface area contributed by atoms with Crippen LogP contribution in [-0.4, -0.2) is 11.3 Å². The molecule has 0 spiro atoms. The first kappa shape index (κ1) is 14.0. The molecule has 0 amide bonds. The van der Waals surface area contributed by atoms with Crippen LogP contribution >= 0.6 is 12.6 Å². The fraction of sp³-hybridized carbons (Fsp3) is 0.167. The van der Waals surface area contributed by atoms with E-state index < -0.39 is 0 Å². The van der Waals surface area contributed by atoms with Gasteiger partial charge in [0.2, 0.25) is 0 Å². The third-order valence-corrected chi connectivity index (χ3v) is 4.29. The minimum absolute atomic E-state index is 0.746. The molecule has 0 fully saturated rings. The van der Waals surface area contributed by atoms with Gasteiger partial charge in [-0.15, -0.1) is 12.6 Å². The average Bonchev–Trinajstić information content (AvgIpc) is 2.79. The largest absolute Gasteiger partial charge is 0.350 e. The van der Waals surface area contributed by atoms with E-state index in [0.717, 1.165) is 46.2 Å². The van der Waals surface area contributed by atoms with Crippen molar-refractivity contribution in [1.82, 2.24) is 4.98 Å². The van der Waals surface area contributed by atoms with E-state index in [1.165, 1.54) is 11.1 Å². The maximum absolute atomic E-state index is 11.1. The normalized spacial score (nSPS) is 11.0. The van der Waals surface area contributed by atoms with Gasteiger partial charge in [0.05, 0.1) is 5.03 Å². The van der Waals surface area contributed by atoms with Gasteiger partial charge in [0.15, 0.2) is 0 Å². The summed E-state index contributed by atoms with van der Waals surface area (Å²) in [6.45, 7) is 1.95. The first-order chi connectivity index (χ1) is 10.2. The molecule has 3 rings (SSSR count). The Kier molecular flexibility index (Phi) is 3.84. The lowest BCUT2D eigenvalue weighted by atomic mass is 10.0. The van der Waals surface area contributed by atoms with Crippen LogP contribution in [0.15, 0.2) is 47.5 Å². The Labute approximate surface area is 129 Å². The molecule has 21 heavy (non-hydrogen) atoms. The van der Waals surface area contributed by atoms with Gasteiger partial charge in [-0.05, 0) is 48.6 Å². The highest BCUT2D eigenvalue weighted by atomic mass is 32.1. The number of H-pyrrole nitrogens is 1. The minimum atomic E-state index is 0.746. The lowest BCUT2D eigenvalue weighted by molar-refractivity contribution is 0.112. The standard InChI is InChI=1S/C18H17NOS/c1-12-9-17-16(10-14(12)11-20)15(18(21)19-17)8-7-13-5-3-2-4-6-13/h2-6,9-11,19,21H,7-8H2,1H3. The molecule has 0 atom stereocenters. The SMILES string of the molecule is Cc1cc2[nH]c(S)c(CCc3ccccc3)c2cc1C=O. The van der Waals surface area contributed by atoms with Crippen LogP contribution in [-0.2, 0) is 12.8 Å². The zero-order chi connectivity index (χ0) is 14.8. The van der Waals surface area contributed by atoms with E-state index in [1.54, 1.807) is 0 Å². The monoisotopic (exact) mass is 295 g/mol. The molecule has 3 aromatic rings. The van der Waals surface area contributed by atoms with Crippen molar-refractivity contribution >= 4 is 29.8 Å². The smallest absolute Gasteiger partial charge is 0.150 e. The van der Waals surface area contributed by atoms with Crippen molar-refractivity contribution in [3.63, 3.8) is 0 Å². The number of carbonyl (C=O) groups excluding carboxylic acids is 1. The van der Waals surface area contributed by atoms with Gasteiger partial charge in [-0.2, -0.15) is 0 Å². The molecule has 2 nitrogen and oxygen atoms in total. The number of nitrogens with one attached hydrogen (secondary N) is 1. The highest BCUT2D eigenvalue weighted by Gasteiger charge is 2.11. The molecule has 3 heteroatoms. The van der Waals surface area contributed by atoms with Gasteiger partial charge in [0.25, 0.3) is 0 Å². The molecule has 0 unspecified atom stereocenters. The first-order valence-electron chi connectivity index (χ1n) is 7.02. The molecule has 0 saturated heterocycles. The van der Waals surface area contributed by atoms with Crippen molar-refractivity contribution < 1.29 is 4.79 Å². The quantitative estimate of drug-likeness (QED) is 0.544. The average molecular weight is 295 g/mol. The minimum Gasteiger partial charge on any atom is -0.350 e. The van der Waals surface area contributed by atoms with E-state index in [2.05, 4.69) is 41.9 Å². The van der Waals surface area contributed by atoms with E-state index >= 15 is 0 Å².